The molecule has 2 atom stereocenters. The number of fused-ring (bicyclic) bond motifs is 1. The average molecular weight is 434 g/mol. The largest absolute Gasteiger partial charge is 0.573 e. The third-order valence-corrected chi connectivity index (χ3v) is 5.15. The highest BCUT2D eigenvalue weighted by atomic mass is 19.4. The number of carbonyl (C=O) groups excluding carboxylic acids is 3. The molecule has 1 N–H and O–H groups in total. The minimum absolute atomic E-state index is 0.149. The lowest BCUT2D eigenvalue weighted by Gasteiger charge is -2.32. The Morgan fingerprint density at radius 3 is 2.42 bits per heavy atom. The second kappa shape index (κ2) is 7.89. The molecule has 3 heterocycles. The predicted octanol–water partition coefficient (Wildman–Crippen LogP) is 2.71. The average Bonchev–Trinajstić information content (AvgIpc) is 2.98. The van der Waals surface area contributed by atoms with Gasteiger partial charge >= 0.3 is 12.4 Å². The number of anilines is 1. The molecule has 0 bridgehead atoms. The van der Waals surface area contributed by atoms with Crippen molar-refractivity contribution in [2.45, 2.75) is 31.3 Å². The number of hydrogen-bond donors (Lipinski definition) is 1. The summed E-state index contributed by atoms with van der Waals surface area (Å²) in [4.78, 5) is 44.2. The molecule has 2 aromatic rings. The van der Waals surface area contributed by atoms with Gasteiger partial charge in [0.1, 0.15) is 11.8 Å². The van der Waals surface area contributed by atoms with Crippen LogP contribution in [-0.4, -0.2) is 52.7 Å². The van der Waals surface area contributed by atoms with E-state index in [9.17, 15) is 27.6 Å². The lowest BCUT2D eigenvalue weighted by atomic mass is 9.97. The van der Waals surface area contributed by atoms with Crippen LogP contribution in [0.3, 0.4) is 0 Å². The Morgan fingerprint density at radius 2 is 1.77 bits per heavy atom. The molecule has 162 valence electrons. The van der Waals surface area contributed by atoms with Crippen molar-refractivity contribution in [1.82, 2.24) is 15.2 Å². The summed E-state index contributed by atoms with van der Waals surface area (Å²) in [6.07, 6.45) is -1.12. The van der Waals surface area contributed by atoms with Crippen molar-refractivity contribution < 1.29 is 32.3 Å². The van der Waals surface area contributed by atoms with Crippen LogP contribution in [0.15, 0.2) is 48.8 Å². The first-order valence-electron chi connectivity index (χ1n) is 9.44. The molecule has 0 unspecified atom stereocenters. The summed E-state index contributed by atoms with van der Waals surface area (Å²) in [5.41, 5.74) is 0.588. The minimum atomic E-state index is -4.84. The number of hydrogen-bond acceptors (Lipinski definition) is 5. The van der Waals surface area contributed by atoms with E-state index in [0.717, 1.165) is 17.0 Å². The molecule has 1 aromatic heterocycles. The lowest BCUT2D eigenvalue weighted by molar-refractivity contribution is -0.274. The Morgan fingerprint density at radius 1 is 1.10 bits per heavy atom. The number of piperidine rings is 1. The van der Waals surface area contributed by atoms with Crippen LogP contribution in [0.25, 0.3) is 0 Å². The lowest BCUT2D eigenvalue weighted by Crippen LogP contribution is -2.49. The first kappa shape index (κ1) is 20.6. The van der Waals surface area contributed by atoms with E-state index in [4.69, 9.17) is 0 Å². The fourth-order valence-corrected chi connectivity index (χ4v) is 3.74. The third kappa shape index (κ3) is 4.30. The van der Waals surface area contributed by atoms with E-state index >= 15 is 0 Å². The number of imide groups is 1. The second-order valence-electron chi connectivity index (χ2n) is 7.14. The molecular weight excluding hydrogens is 417 g/mol. The Labute approximate surface area is 174 Å². The molecule has 4 amide bonds. The summed E-state index contributed by atoms with van der Waals surface area (Å²) >= 11 is 0. The molecule has 0 aliphatic carbocycles. The van der Waals surface area contributed by atoms with Crippen molar-refractivity contribution in [1.29, 1.82) is 0 Å². The standard InChI is InChI=1S/C20H17F3N4O4/c21-20(22,23)31-15-3-1-14(2-4-15)27-18(29)16-11-13(7-10-26(16)19(27)30)25-17(28)12-5-8-24-9-6-12/h1-6,8-9,13,16H,7,10-11H2,(H,25,28)/t13-,16+/m0/s1. The first-order chi connectivity index (χ1) is 14.7. The van der Waals surface area contributed by atoms with Crippen molar-refractivity contribution in [3.8, 4) is 5.75 Å². The number of urea groups is 1. The first-order valence-corrected chi connectivity index (χ1v) is 9.44. The number of alkyl halides is 3. The van der Waals surface area contributed by atoms with Crippen molar-refractivity contribution in [2.24, 2.45) is 0 Å². The van der Waals surface area contributed by atoms with Gasteiger partial charge in [-0.15, -0.1) is 13.2 Å². The quantitative estimate of drug-likeness (QED) is 0.748. The van der Waals surface area contributed by atoms with E-state index in [1.807, 2.05) is 0 Å². The van der Waals surface area contributed by atoms with Crippen LogP contribution < -0.4 is 15.0 Å². The molecule has 31 heavy (non-hydrogen) atoms. The van der Waals surface area contributed by atoms with Crippen LogP contribution in [0.1, 0.15) is 23.2 Å². The van der Waals surface area contributed by atoms with Crippen molar-refractivity contribution in [3.05, 3.63) is 54.4 Å². The Bertz CT molecular complexity index is 998. The fraction of sp³-hybridized carbons (Fsp3) is 0.300. The highest BCUT2D eigenvalue weighted by Gasteiger charge is 2.48. The van der Waals surface area contributed by atoms with Gasteiger partial charge in [0, 0.05) is 30.5 Å². The van der Waals surface area contributed by atoms with Crippen molar-refractivity contribution in [3.63, 3.8) is 0 Å². The fourth-order valence-electron chi connectivity index (χ4n) is 3.74. The minimum Gasteiger partial charge on any atom is -0.406 e. The SMILES string of the molecule is O=C(N[C@H]1CCN2C(=O)N(c3ccc(OC(F)(F)F)cc3)C(=O)[C@H]2C1)c1ccncc1. The number of benzene rings is 1. The van der Waals surface area contributed by atoms with Gasteiger partial charge in [-0.05, 0) is 49.2 Å². The second-order valence-corrected chi connectivity index (χ2v) is 7.14. The summed E-state index contributed by atoms with van der Waals surface area (Å²) in [5, 5.41) is 2.87. The maximum absolute atomic E-state index is 12.9. The van der Waals surface area contributed by atoms with E-state index in [-0.39, 0.29) is 30.6 Å². The molecule has 0 radical (unpaired) electrons. The Kier molecular flexibility index (Phi) is 5.25. The summed E-state index contributed by atoms with van der Waals surface area (Å²) in [6, 6.07) is 6.06. The van der Waals surface area contributed by atoms with Crippen LogP contribution >= 0.6 is 0 Å². The zero-order chi connectivity index (χ0) is 22.2. The van der Waals surface area contributed by atoms with Gasteiger partial charge in [0.05, 0.1) is 5.69 Å². The molecule has 1 aromatic carbocycles. The Balaban J connectivity index is 1.45. The number of nitrogens with one attached hydrogen (secondary N) is 1. The van der Waals surface area contributed by atoms with E-state index in [1.54, 1.807) is 12.1 Å². The number of halogens is 3. The topological polar surface area (TPSA) is 91.8 Å². The number of carbonyl (C=O) groups is 3. The van der Waals surface area contributed by atoms with Gasteiger partial charge < -0.3 is 15.0 Å². The highest BCUT2D eigenvalue weighted by Crippen LogP contribution is 2.32. The monoisotopic (exact) mass is 434 g/mol. The van der Waals surface area contributed by atoms with Gasteiger partial charge in [-0.2, -0.15) is 0 Å². The number of aromatic nitrogens is 1. The molecule has 4 rings (SSSR count). The number of amides is 4. The van der Waals surface area contributed by atoms with Crippen molar-refractivity contribution >= 4 is 23.5 Å². The van der Waals surface area contributed by atoms with Crippen LogP contribution in [-0.2, 0) is 4.79 Å². The smallest absolute Gasteiger partial charge is 0.406 e. The number of rotatable bonds is 4. The van der Waals surface area contributed by atoms with E-state index in [2.05, 4.69) is 15.0 Å². The molecular formula is C20H17F3N4O4. The number of pyridine rings is 1. The predicted molar refractivity (Wildman–Crippen MR) is 101 cm³/mol. The molecule has 0 saturated carbocycles. The molecule has 11 heteroatoms. The maximum atomic E-state index is 12.9. The van der Waals surface area contributed by atoms with Gasteiger partial charge in [-0.25, -0.2) is 9.69 Å². The van der Waals surface area contributed by atoms with Crippen LogP contribution in [0.4, 0.5) is 23.7 Å². The van der Waals surface area contributed by atoms with E-state index in [1.165, 1.54) is 29.4 Å². The zero-order valence-electron chi connectivity index (χ0n) is 16.0. The third-order valence-electron chi connectivity index (χ3n) is 5.15. The highest BCUT2D eigenvalue weighted by molar-refractivity contribution is 6.21. The Hall–Kier alpha value is -3.63. The number of ether oxygens (including phenoxy) is 1. The summed E-state index contributed by atoms with van der Waals surface area (Å²) in [5.74, 6) is -1.24. The molecule has 2 saturated heterocycles. The maximum Gasteiger partial charge on any atom is 0.573 e. The molecule has 2 fully saturated rings. The van der Waals surface area contributed by atoms with Gasteiger partial charge in [0.2, 0.25) is 0 Å². The van der Waals surface area contributed by atoms with Gasteiger partial charge in [-0.3, -0.25) is 14.6 Å². The normalized spacial score (nSPS) is 21.1. The molecule has 0 spiro atoms. The van der Waals surface area contributed by atoms with Crippen LogP contribution in [0, 0.1) is 0 Å². The van der Waals surface area contributed by atoms with Crippen LogP contribution in [0.2, 0.25) is 0 Å². The van der Waals surface area contributed by atoms with E-state index < -0.39 is 30.1 Å². The molecule has 8 nitrogen and oxygen atoms in total. The summed E-state index contributed by atoms with van der Waals surface area (Å²) < 4.78 is 40.8. The molecule has 2 aliphatic heterocycles. The van der Waals surface area contributed by atoms with Gasteiger partial charge in [0.15, 0.2) is 0 Å². The number of nitrogens with zero attached hydrogens (tertiary/aromatic N) is 3. The van der Waals surface area contributed by atoms with Gasteiger partial charge in [0.25, 0.3) is 11.8 Å². The summed E-state index contributed by atoms with van der Waals surface area (Å²) in [6.45, 7) is 0.266. The zero-order valence-corrected chi connectivity index (χ0v) is 16.0. The van der Waals surface area contributed by atoms with Gasteiger partial charge in [-0.1, -0.05) is 0 Å². The van der Waals surface area contributed by atoms with Crippen molar-refractivity contribution in [2.75, 3.05) is 11.4 Å². The van der Waals surface area contributed by atoms with Crippen LogP contribution in [0.5, 0.6) is 5.75 Å². The summed E-state index contributed by atoms with van der Waals surface area (Å²) in [7, 11) is 0. The van der Waals surface area contributed by atoms with E-state index in [0.29, 0.717) is 12.0 Å². The molecule has 2 aliphatic rings.